The maximum Gasteiger partial charge on any atom is 0.140 e. The van der Waals surface area contributed by atoms with Gasteiger partial charge in [0.05, 0.1) is 6.54 Å². The maximum atomic E-state index is 5.83. The SMILES string of the molecule is CCn1ncnc1CN(C)C(CN)C1CC1. The van der Waals surface area contributed by atoms with Gasteiger partial charge in [-0.25, -0.2) is 9.67 Å². The minimum atomic E-state index is 0.502. The highest BCUT2D eigenvalue weighted by molar-refractivity contribution is 4.91. The van der Waals surface area contributed by atoms with Crippen LogP contribution in [0.4, 0.5) is 0 Å². The molecule has 0 bridgehead atoms. The van der Waals surface area contributed by atoms with Crippen LogP contribution in [0.15, 0.2) is 6.33 Å². The Morgan fingerprint density at radius 2 is 2.38 bits per heavy atom. The lowest BCUT2D eigenvalue weighted by atomic mass is 10.1. The van der Waals surface area contributed by atoms with Gasteiger partial charge in [-0.3, -0.25) is 4.90 Å². The van der Waals surface area contributed by atoms with Gasteiger partial charge in [0.25, 0.3) is 0 Å². The van der Waals surface area contributed by atoms with Crippen molar-refractivity contribution in [1.29, 1.82) is 0 Å². The lowest BCUT2D eigenvalue weighted by molar-refractivity contribution is 0.207. The average Bonchev–Trinajstić information content (AvgIpc) is 3.00. The lowest BCUT2D eigenvalue weighted by Gasteiger charge is -2.26. The molecule has 1 aromatic heterocycles. The standard InChI is InChI=1S/C11H21N5/c1-3-16-11(13-8-14-16)7-15(2)10(6-12)9-4-5-9/h8-10H,3-7,12H2,1-2H3. The van der Waals surface area contributed by atoms with E-state index in [0.717, 1.165) is 31.4 Å². The van der Waals surface area contributed by atoms with Crippen LogP contribution in [0.5, 0.6) is 0 Å². The van der Waals surface area contributed by atoms with E-state index < -0.39 is 0 Å². The first-order chi connectivity index (χ1) is 7.76. The smallest absolute Gasteiger partial charge is 0.140 e. The molecule has 0 aromatic carbocycles. The molecule has 1 heterocycles. The summed E-state index contributed by atoms with van der Waals surface area (Å²) in [5.74, 6) is 1.83. The Kier molecular flexibility index (Phi) is 3.56. The van der Waals surface area contributed by atoms with Crippen LogP contribution < -0.4 is 5.73 Å². The zero-order valence-corrected chi connectivity index (χ0v) is 10.1. The largest absolute Gasteiger partial charge is 0.329 e. The van der Waals surface area contributed by atoms with E-state index in [1.807, 2.05) is 4.68 Å². The Morgan fingerprint density at radius 1 is 1.62 bits per heavy atom. The fourth-order valence-corrected chi connectivity index (χ4v) is 2.23. The highest BCUT2D eigenvalue weighted by atomic mass is 15.3. The normalized spacial score (nSPS) is 18.0. The molecule has 1 aliphatic carbocycles. The zero-order valence-electron chi connectivity index (χ0n) is 10.1. The molecule has 5 heteroatoms. The van der Waals surface area contributed by atoms with Crippen molar-refractivity contribution < 1.29 is 0 Å². The predicted octanol–water partition coefficient (Wildman–Crippen LogP) is 0.467. The van der Waals surface area contributed by atoms with Crippen LogP contribution in [0.25, 0.3) is 0 Å². The summed E-state index contributed by atoms with van der Waals surface area (Å²) in [5.41, 5.74) is 5.83. The highest BCUT2D eigenvalue weighted by Gasteiger charge is 2.33. The minimum Gasteiger partial charge on any atom is -0.329 e. The van der Waals surface area contributed by atoms with Gasteiger partial charge in [-0.05, 0) is 32.7 Å². The van der Waals surface area contributed by atoms with Crippen LogP contribution in [0, 0.1) is 5.92 Å². The first-order valence-electron chi connectivity index (χ1n) is 6.03. The Morgan fingerprint density at radius 3 is 2.94 bits per heavy atom. The molecule has 0 amide bonds. The van der Waals surface area contributed by atoms with E-state index in [4.69, 9.17) is 5.73 Å². The van der Waals surface area contributed by atoms with Crippen molar-refractivity contribution in [3.05, 3.63) is 12.2 Å². The molecule has 16 heavy (non-hydrogen) atoms. The van der Waals surface area contributed by atoms with Crippen molar-refractivity contribution in [2.75, 3.05) is 13.6 Å². The van der Waals surface area contributed by atoms with Gasteiger partial charge < -0.3 is 5.73 Å². The Hall–Kier alpha value is -0.940. The van der Waals surface area contributed by atoms with E-state index in [-0.39, 0.29) is 0 Å². The van der Waals surface area contributed by atoms with Crippen molar-refractivity contribution in [3.8, 4) is 0 Å². The molecule has 0 radical (unpaired) electrons. The summed E-state index contributed by atoms with van der Waals surface area (Å²) in [6.07, 6.45) is 4.28. The number of likely N-dealkylation sites (N-methyl/N-ethyl adjacent to an activating group) is 1. The van der Waals surface area contributed by atoms with Crippen LogP contribution in [0.3, 0.4) is 0 Å². The van der Waals surface area contributed by atoms with E-state index >= 15 is 0 Å². The quantitative estimate of drug-likeness (QED) is 0.761. The molecular weight excluding hydrogens is 202 g/mol. The molecule has 1 fully saturated rings. The summed E-state index contributed by atoms with van der Waals surface area (Å²) < 4.78 is 1.94. The molecule has 1 atom stereocenters. The minimum absolute atomic E-state index is 0.502. The number of aromatic nitrogens is 3. The monoisotopic (exact) mass is 223 g/mol. The van der Waals surface area contributed by atoms with E-state index in [0.29, 0.717) is 6.04 Å². The van der Waals surface area contributed by atoms with Crippen molar-refractivity contribution in [3.63, 3.8) is 0 Å². The number of rotatable bonds is 6. The lowest BCUT2D eigenvalue weighted by Crippen LogP contribution is -2.39. The third-order valence-electron chi connectivity index (χ3n) is 3.36. The second-order valence-electron chi connectivity index (χ2n) is 4.55. The molecule has 90 valence electrons. The van der Waals surface area contributed by atoms with Crippen LogP contribution in [-0.2, 0) is 13.1 Å². The van der Waals surface area contributed by atoms with E-state index in [9.17, 15) is 0 Å². The van der Waals surface area contributed by atoms with Gasteiger partial charge in [0.2, 0.25) is 0 Å². The van der Waals surface area contributed by atoms with E-state index in [2.05, 4.69) is 29.0 Å². The predicted molar refractivity (Wildman–Crippen MR) is 62.7 cm³/mol. The van der Waals surface area contributed by atoms with Crippen LogP contribution in [0.2, 0.25) is 0 Å². The van der Waals surface area contributed by atoms with E-state index in [1.165, 1.54) is 12.8 Å². The van der Waals surface area contributed by atoms with E-state index in [1.54, 1.807) is 6.33 Å². The molecule has 5 nitrogen and oxygen atoms in total. The maximum absolute atomic E-state index is 5.83. The Bertz CT molecular complexity index is 331. The first-order valence-corrected chi connectivity index (χ1v) is 6.03. The zero-order chi connectivity index (χ0) is 11.5. The molecule has 2 rings (SSSR count). The van der Waals surface area contributed by atoms with Crippen molar-refractivity contribution >= 4 is 0 Å². The molecule has 1 aromatic rings. The van der Waals surface area contributed by atoms with Gasteiger partial charge >= 0.3 is 0 Å². The van der Waals surface area contributed by atoms with Gasteiger partial charge in [0, 0.05) is 19.1 Å². The number of nitrogens with zero attached hydrogens (tertiary/aromatic N) is 4. The molecular formula is C11H21N5. The summed E-state index contributed by atoms with van der Waals surface area (Å²) in [4.78, 5) is 6.61. The molecule has 0 saturated heterocycles. The summed E-state index contributed by atoms with van der Waals surface area (Å²) in [6.45, 7) is 4.53. The summed E-state index contributed by atoms with van der Waals surface area (Å²) in [5, 5.41) is 4.18. The van der Waals surface area contributed by atoms with Crippen LogP contribution in [-0.4, -0.2) is 39.3 Å². The van der Waals surface area contributed by atoms with Crippen molar-refractivity contribution in [1.82, 2.24) is 19.7 Å². The number of aryl methyl sites for hydroxylation is 1. The number of nitrogens with two attached hydrogens (primary N) is 1. The topological polar surface area (TPSA) is 60.0 Å². The fourth-order valence-electron chi connectivity index (χ4n) is 2.23. The molecule has 1 unspecified atom stereocenters. The number of hydrogen-bond acceptors (Lipinski definition) is 4. The first kappa shape index (κ1) is 11.5. The van der Waals surface area contributed by atoms with Crippen LogP contribution >= 0.6 is 0 Å². The highest BCUT2D eigenvalue weighted by Crippen LogP contribution is 2.34. The summed E-state index contributed by atoms with van der Waals surface area (Å²) >= 11 is 0. The van der Waals surface area contributed by atoms with Gasteiger partial charge in [-0.15, -0.1) is 0 Å². The van der Waals surface area contributed by atoms with Crippen molar-refractivity contribution in [2.45, 2.75) is 38.9 Å². The van der Waals surface area contributed by atoms with Gasteiger partial charge in [0.1, 0.15) is 12.2 Å². The Labute approximate surface area is 96.6 Å². The third kappa shape index (κ3) is 2.41. The second kappa shape index (κ2) is 4.93. The summed E-state index contributed by atoms with van der Waals surface area (Å²) in [6, 6.07) is 0.502. The van der Waals surface area contributed by atoms with Crippen molar-refractivity contribution in [2.24, 2.45) is 11.7 Å². The molecule has 2 N–H and O–H groups in total. The van der Waals surface area contributed by atoms with Crippen LogP contribution in [0.1, 0.15) is 25.6 Å². The Balaban J connectivity index is 1.97. The molecule has 1 saturated carbocycles. The van der Waals surface area contributed by atoms with Gasteiger partial charge in [0.15, 0.2) is 0 Å². The summed E-state index contributed by atoms with van der Waals surface area (Å²) in [7, 11) is 2.13. The molecule has 0 spiro atoms. The average molecular weight is 223 g/mol. The van der Waals surface area contributed by atoms with Gasteiger partial charge in [-0.1, -0.05) is 0 Å². The fraction of sp³-hybridized carbons (Fsp3) is 0.818. The second-order valence-corrected chi connectivity index (χ2v) is 4.55. The molecule has 0 aliphatic heterocycles. The molecule has 1 aliphatic rings. The number of hydrogen-bond donors (Lipinski definition) is 1. The van der Waals surface area contributed by atoms with Gasteiger partial charge in [-0.2, -0.15) is 5.10 Å². The third-order valence-corrected chi connectivity index (χ3v) is 3.36.